The van der Waals surface area contributed by atoms with Crippen molar-refractivity contribution in [2.75, 3.05) is 0 Å². The van der Waals surface area contributed by atoms with Crippen LogP contribution < -0.4 is 0 Å². The lowest BCUT2D eigenvalue weighted by molar-refractivity contribution is 0.672. The Labute approximate surface area is 302 Å². The van der Waals surface area contributed by atoms with Gasteiger partial charge in [0.1, 0.15) is 11.2 Å². The zero-order valence-corrected chi connectivity index (χ0v) is 28.6. The number of benzene rings is 8. The summed E-state index contributed by atoms with van der Waals surface area (Å²) >= 11 is 1.84. The number of hydrogen-bond donors (Lipinski definition) is 0. The van der Waals surface area contributed by atoms with Crippen LogP contribution in [0.3, 0.4) is 0 Å². The minimum Gasteiger partial charge on any atom is -0.455 e. The second kappa shape index (κ2) is 11.4. The Kier molecular flexibility index (Phi) is 6.39. The third-order valence-electron chi connectivity index (χ3n) is 10.1. The highest BCUT2D eigenvalue weighted by Gasteiger charge is 2.20. The van der Waals surface area contributed by atoms with Crippen molar-refractivity contribution in [1.29, 1.82) is 0 Å². The van der Waals surface area contributed by atoms with Crippen molar-refractivity contribution >= 4 is 75.0 Å². The molecule has 242 valence electrons. The van der Waals surface area contributed by atoms with Gasteiger partial charge in [-0.3, -0.25) is 0 Å². The Morgan fingerprint density at radius 3 is 1.90 bits per heavy atom. The van der Waals surface area contributed by atoms with Gasteiger partial charge in [-0.25, -0.2) is 15.0 Å². The molecular weight excluding hydrogens is 655 g/mol. The van der Waals surface area contributed by atoms with E-state index in [0.29, 0.717) is 17.5 Å². The highest BCUT2D eigenvalue weighted by atomic mass is 32.1. The third-order valence-corrected chi connectivity index (χ3v) is 11.2. The summed E-state index contributed by atoms with van der Waals surface area (Å²) in [5.41, 5.74) is 6.80. The first-order chi connectivity index (χ1) is 25.7. The summed E-state index contributed by atoms with van der Waals surface area (Å²) in [6.45, 7) is 0. The first kappa shape index (κ1) is 29.1. The van der Waals surface area contributed by atoms with E-state index in [-0.39, 0.29) is 0 Å². The fraction of sp³-hybridized carbons (Fsp3) is 0. The molecule has 0 atom stereocenters. The number of thiophene rings is 1. The minimum absolute atomic E-state index is 0.617. The zero-order valence-electron chi connectivity index (χ0n) is 27.7. The number of para-hydroxylation sites is 1. The normalized spacial score (nSPS) is 11.8. The fourth-order valence-electron chi connectivity index (χ4n) is 7.54. The van der Waals surface area contributed by atoms with Crippen LogP contribution in [-0.4, -0.2) is 15.0 Å². The van der Waals surface area contributed by atoms with Gasteiger partial charge in [0.25, 0.3) is 0 Å². The van der Waals surface area contributed by atoms with Crippen molar-refractivity contribution in [2.45, 2.75) is 0 Å². The van der Waals surface area contributed by atoms with Gasteiger partial charge in [-0.1, -0.05) is 121 Å². The maximum absolute atomic E-state index is 6.57. The Balaban J connectivity index is 1.18. The van der Waals surface area contributed by atoms with E-state index in [1.54, 1.807) is 0 Å². The van der Waals surface area contributed by atoms with Gasteiger partial charge in [0.05, 0.1) is 0 Å². The van der Waals surface area contributed by atoms with Gasteiger partial charge in [-0.05, 0) is 69.8 Å². The lowest BCUT2D eigenvalue weighted by Gasteiger charge is -2.12. The molecule has 0 N–H and O–H groups in total. The second-order valence-electron chi connectivity index (χ2n) is 13.2. The molecule has 0 bridgehead atoms. The molecule has 0 saturated heterocycles. The first-order valence-corrected chi connectivity index (χ1v) is 18.2. The summed E-state index contributed by atoms with van der Waals surface area (Å²) in [6, 6.07) is 57.5. The van der Waals surface area contributed by atoms with Crippen molar-refractivity contribution in [3.8, 4) is 45.3 Å². The van der Waals surface area contributed by atoms with E-state index >= 15 is 0 Å². The lowest BCUT2D eigenvalue weighted by atomic mass is 9.95. The van der Waals surface area contributed by atoms with E-state index in [9.17, 15) is 0 Å². The average molecular weight is 682 g/mol. The maximum atomic E-state index is 6.57. The molecule has 4 nitrogen and oxygen atoms in total. The Morgan fingerprint density at radius 1 is 0.365 bits per heavy atom. The van der Waals surface area contributed by atoms with Crippen molar-refractivity contribution in [3.05, 3.63) is 164 Å². The van der Waals surface area contributed by atoms with Crippen molar-refractivity contribution in [3.63, 3.8) is 0 Å². The van der Waals surface area contributed by atoms with E-state index in [1.807, 2.05) is 41.7 Å². The largest absolute Gasteiger partial charge is 0.455 e. The lowest BCUT2D eigenvalue weighted by Crippen LogP contribution is -2.00. The summed E-state index contributed by atoms with van der Waals surface area (Å²) in [6.07, 6.45) is 0. The van der Waals surface area contributed by atoms with Crippen LogP contribution >= 0.6 is 11.3 Å². The summed E-state index contributed by atoms with van der Waals surface area (Å²) in [4.78, 5) is 15.5. The molecule has 3 aromatic heterocycles. The third kappa shape index (κ3) is 4.64. The van der Waals surface area contributed by atoms with E-state index in [0.717, 1.165) is 65.9 Å². The van der Waals surface area contributed by atoms with Crippen LogP contribution in [0.5, 0.6) is 0 Å². The van der Waals surface area contributed by atoms with Crippen LogP contribution in [0.15, 0.2) is 168 Å². The topological polar surface area (TPSA) is 51.8 Å². The minimum atomic E-state index is 0.617. The predicted octanol–water partition coefficient (Wildman–Crippen LogP) is 13.1. The van der Waals surface area contributed by atoms with E-state index in [2.05, 4.69) is 133 Å². The van der Waals surface area contributed by atoms with Crippen LogP contribution in [0.4, 0.5) is 0 Å². The molecule has 0 unspecified atom stereocenters. The van der Waals surface area contributed by atoms with Crippen LogP contribution in [0.1, 0.15) is 0 Å². The molecule has 52 heavy (non-hydrogen) atoms. The summed E-state index contributed by atoms with van der Waals surface area (Å²) < 4.78 is 9.14. The van der Waals surface area contributed by atoms with Gasteiger partial charge in [-0.15, -0.1) is 11.3 Å². The van der Waals surface area contributed by atoms with Crippen LogP contribution in [0.2, 0.25) is 0 Å². The number of aromatic nitrogens is 3. The van der Waals surface area contributed by atoms with Gasteiger partial charge in [0.2, 0.25) is 0 Å². The molecule has 0 aliphatic heterocycles. The van der Waals surface area contributed by atoms with Gasteiger partial charge in [0, 0.05) is 53.0 Å². The number of hydrogen-bond acceptors (Lipinski definition) is 5. The fourth-order valence-corrected chi connectivity index (χ4v) is 8.68. The molecule has 3 heterocycles. The van der Waals surface area contributed by atoms with Crippen molar-refractivity contribution in [1.82, 2.24) is 15.0 Å². The van der Waals surface area contributed by atoms with Gasteiger partial charge in [0.15, 0.2) is 17.5 Å². The highest BCUT2D eigenvalue weighted by Crippen LogP contribution is 2.42. The smallest absolute Gasteiger partial charge is 0.164 e. The number of rotatable bonds is 4. The summed E-state index contributed by atoms with van der Waals surface area (Å²) in [5, 5.41) is 9.04. The first-order valence-electron chi connectivity index (χ1n) is 17.3. The number of nitrogens with zero attached hydrogens (tertiary/aromatic N) is 3. The number of furan rings is 1. The molecule has 0 spiro atoms. The monoisotopic (exact) mass is 681 g/mol. The molecule has 11 rings (SSSR count). The molecule has 5 heteroatoms. The molecule has 11 aromatic rings. The average Bonchev–Trinajstić information content (AvgIpc) is 3.78. The number of fused-ring (bicyclic) bond motifs is 9. The second-order valence-corrected chi connectivity index (χ2v) is 14.3. The Bertz CT molecular complexity index is 3200. The standard InChI is InChI=1S/C47H27N3OS/c1-2-11-29(12-3-1)45-48-46(33-19-18-28-10-4-5-13-30(28)24-33)50-47(49-45)40-27-39-34-14-6-8-16-41(34)51-44(39)37-23-21-31(25-38(37)40)32-20-22-36-35-15-7-9-17-42(35)52-43(36)26-32/h1-27H. The Morgan fingerprint density at radius 2 is 1.02 bits per heavy atom. The molecule has 0 amide bonds. The molecule has 0 aliphatic rings. The molecule has 0 aliphatic carbocycles. The maximum Gasteiger partial charge on any atom is 0.164 e. The van der Waals surface area contributed by atoms with E-state index in [1.165, 1.54) is 25.6 Å². The zero-order chi connectivity index (χ0) is 34.2. The van der Waals surface area contributed by atoms with Gasteiger partial charge >= 0.3 is 0 Å². The van der Waals surface area contributed by atoms with E-state index < -0.39 is 0 Å². The summed E-state index contributed by atoms with van der Waals surface area (Å²) in [7, 11) is 0. The van der Waals surface area contributed by atoms with Crippen molar-refractivity contribution < 1.29 is 4.42 Å². The molecular formula is C47H27N3OS. The summed E-state index contributed by atoms with van der Waals surface area (Å²) in [5.74, 6) is 1.88. The van der Waals surface area contributed by atoms with Crippen LogP contribution in [-0.2, 0) is 0 Å². The molecule has 0 radical (unpaired) electrons. The van der Waals surface area contributed by atoms with E-state index in [4.69, 9.17) is 19.4 Å². The quantitative estimate of drug-likeness (QED) is 0.185. The Hall–Kier alpha value is -6.69. The van der Waals surface area contributed by atoms with Crippen LogP contribution in [0.25, 0.3) is 109 Å². The predicted molar refractivity (Wildman–Crippen MR) is 217 cm³/mol. The van der Waals surface area contributed by atoms with Gasteiger partial charge < -0.3 is 4.42 Å². The van der Waals surface area contributed by atoms with Gasteiger partial charge in [-0.2, -0.15) is 0 Å². The highest BCUT2D eigenvalue weighted by molar-refractivity contribution is 7.25. The van der Waals surface area contributed by atoms with Crippen molar-refractivity contribution in [2.24, 2.45) is 0 Å². The van der Waals surface area contributed by atoms with Crippen LogP contribution in [0, 0.1) is 0 Å². The molecule has 0 saturated carbocycles. The SMILES string of the molecule is c1ccc(-c2nc(-c3ccc4ccccc4c3)nc(-c3cc4c5ccccc5oc4c4ccc(-c5ccc6c(c5)sc5ccccc56)cc34)n2)cc1. The molecule has 8 aromatic carbocycles. The molecule has 0 fully saturated rings.